The van der Waals surface area contributed by atoms with Gasteiger partial charge in [-0.25, -0.2) is 14.1 Å². The van der Waals surface area contributed by atoms with Crippen LogP contribution < -0.4 is 10.2 Å². The summed E-state index contributed by atoms with van der Waals surface area (Å²) in [5.74, 6) is -2.03. The molecule has 0 unspecified atom stereocenters. The molecule has 0 spiro atoms. The number of benzene rings is 2. The molecule has 1 N–H and O–H groups in total. The Morgan fingerprint density at radius 2 is 1.70 bits per heavy atom. The molecule has 2 aromatic carbocycles. The Morgan fingerprint density at radius 3 is 2.43 bits per heavy atom. The van der Waals surface area contributed by atoms with Crippen molar-refractivity contribution in [2.45, 2.75) is 13.5 Å². The van der Waals surface area contributed by atoms with Crippen molar-refractivity contribution in [3.05, 3.63) is 95.1 Å². The number of barbiturate groups is 1. The van der Waals surface area contributed by atoms with Crippen LogP contribution in [-0.4, -0.2) is 22.4 Å². The molecule has 4 rings (SSSR count). The number of hydrogen-bond donors (Lipinski definition) is 1. The normalized spacial score (nSPS) is 15.6. The predicted molar refractivity (Wildman–Crippen MR) is 110 cm³/mol. The van der Waals surface area contributed by atoms with Crippen molar-refractivity contribution in [1.29, 1.82) is 0 Å². The largest absolute Gasteiger partial charge is 0.344 e. The van der Waals surface area contributed by atoms with Crippen LogP contribution in [0.1, 0.15) is 16.8 Å². The Kier molecular flexibility index (Phi) is 5.02. The quantitative estimate of drug-likeness (QED) is 0.534. The lowest BCUT2D eigenvalue weighted by Gasteiger charge is -2.26. The van der Waals surface area contributed by atoms with Crippen molar-refractivity contribution in [1.82, 2.24) is 9.88 Å². The van der Waals surface area contributed by atoms with Crippen molar-refractivity contribution in [2.24, 2.45) is 0 Å². The Bertz CT molecular complexity index is 1180. The highest BCUT2D eigenvalue weighted by molar-refractivity contribution is 6.39. The minimum atomic E-state index is -0.871. The van der Waals surface area contributed by atoms with Gasteiger partial charge in [-0.1, -0.05) is 24.3 Å². The Labute approximate surface area is 172 Å². The molecule has 2 heterocycles. The summed E-state index contributed by atoms with van der Waals surface area (Å²) in [4.78, 5) is 38.4. The van der Waals surface area contributed by atoms with Crippen LogP contribution in [0.4, 0.5) is 14.9 Å². The second kappa shape index (κ2) is 7.79. The predicted octanol–water partition coefficient (Wildman–Crippen LogP) is 3.65. The fraction of sp³-hybridized carbons (Fsp3) is 0.0870. The SMILES string of the molecule is Cc1ccccc1Cn1cccc1/C=C1/C(=O)NC(=O)N(c2ccc(F)cc2)C1=O. The van der Waals surface area contributed by atoms with Gasteiger partial charge in [0.2, 0.25) is 0 Å². The third-order valence-electron chi connectivity index (χ3n) is 4.95. The van der Waals surface area contributed by atoms with Crippen molar-refractivity contribution >= 4 is 29.6 Å². The highest BCUT2D eigenvalue weighted by Gasteiger charge is 2.37. The number of aryl methyl sites for hydroxylation is 1. The number of anilines is 1. The summed E-state index contributed by atoms with van der Waals surface area (Å²) in [5.41, 5.74) is 2.88. The molecule has 6 nitrogen and oxygen atoms in total. The van der Waals surface area contributed by atoms with Crippen LogP contribution in [-0.2, 0) is 16.1 Å². The Balaban J connectivity index is 1.68. The van der Waals surface area contributed by atoms with E-state index in [9.17, 15) is 18.8 Å². The third-order valence-corrected chi connectivity index (χ3v) is 4.95. The van der Waals surface area contributed by atoms with Gasteiger partial charge in [-0.2, -0.15) is 0 Å². The van der Waals surface area contributed by atoms with Gasteiger partial charge in [0.1, 0.15) is 11.4 Å². The molecule has 0 atom stereocenters. The fourth-order valence-corrected chi connectivity index (χ4v) is 3.30. The van der Waals surface area contributed by atoms with Crippen molar-refractivity contribution in [3.63, 3.8) is 0 Å². The first-order valence-corrected chi connectivity index (χ1v) is 9.31. The molecule has 1 aliphatic rings. The number of nitrogens with one attached hydrogen (secondary N) is 1. The van der Waals surface area contributed by atoms with Gasteiger partial charge in [0, 0.05) is 18.4 Å². The van der Waals surface area contributed by atoms with Crippen LogP contribution >= 0.6 is 0 Å². The molecule has 1 fully saturated rings. The molecule has 7 heteroatoms. The second-order valence-corrected chi connectivity index (χ2v) is 6.92. The molecule has 1 aromatic heterocycles. The molecule has 0 radical (unpaired) electrons. The number of imide groups is 2. The zero-order valence-electron chi connectivity index (χ0n) is 16.1. The minimum absolute atomic E-state index is 0.174. The first kappa shape index (κ1) is 19.3. The van der Waals surface area contributed by atoms with Gasteiger partial charge < -0.3 is 4.57 Å². The van der Waals surface area contributed by atoms with Gasteiger partial charge >= 0.3 is 6.03 Å². The maximum absolute atomic E-state index is 13.2. The Hall–Kier alpha value is -4.00. The number of nitrogens with zero attached hydrogens (tertiary/aromatic N) is 2. The molecule has 1 aliphatic heterocycles. The molecule has 0 saturated carbocycles. The zero-order chi connectivity index (χ0) is 21.3. The molecule has 1 saturated heterocycles. The third kappa shape index (κ3) is 3.65. The summed E-state index contributed by atoms with van der Waals surface area (Å²) in [6.07, 6.45) is 3.31. The minimum Gasteiger partial charge on any atom is -0.344 e. The van der Waals surface area contributed by atoms with E-state index in [2.05, 4.69) is 5.32 Å². The summed E-state index contributed by atoms with van der Waals surface area (Å²) in [5, 5.41) is 2.17. The lowest BCUT2D eigenvalue weighted by molar-refractivity contribution is -0.122. The molecule has 150 valence electrons. The van der Waals surface area contributed by atoms with Crippen LogP contribution in [0.3, 0.4) is 0 Å². The zero-order valence-corrected chi connectivity index (χ0v) is 16.1. The van der Waals surface area contributed by atoms with Gasteiger partial charge in [-0.05, 0) is 60.5 Å². The lowest BCUT2D eigenvalue weighted by Crippen LogP contribution is -2.54. The van der Waals surface area contributed by atoms with Crippen LogP contribution in [0.5, 0.6) is 0 Å². The topological polar surface area (TPSA) is 71.4 Å². The van der Waals surface area contributed by atoms with Gasteiger partial charge in [0.25, 0.3) is 11.8 Å². The number of halogens is 1. The number of hydrogen-bond acceptors (Lipinski definition) is 3. The monoisotopic (exact) mass is 403 g/mol. The number of carbonyl (C=O) groups is 3. The lowest BCUT2D eigenvalue weighted by atomic mass is 10.1. The number of amides is 4. The molecule has 0 aliphatic carbocycles. The molecule has 4 amide bonds. The molecular formula is C23H18FN3O3. The molecule has 3 aromatic rings. The number of aromatic nitrogens is 1. The van der Waals surface area contributed by atoms with E-state index in [0.29, 0.717) is 12.2 Å². The van der Waals surface area contributed by atoms with Crippen LogP contribution in [0, 0.1) is 12.7 Å². The van der Waals surface area contributed by atoms with E-state index in [-0.39, 0.29) is 11.3 Å². The summed E-state index contributed by atoms with van der Waals surface area (Å²) >= 11 is 0. The summed E-state index contributed by atoms with van der Waals surface area (Å²) in [6.45, 7) is 2.58. The van der Waals surface area contributed by atoms with E-state index in [1.165, 1.54) is 18.2 Å². The van der Waals surface area contributed by atoms with E-state index < -0.39 is 23.7 Å². The van der Waals surface area contributed by atoms with Gasteiger partial charge in [0.15, 0.2) is 0 Å². The van der Waals surface area contributed by atoms with E-state index in [1.807, 2.05) is 48.0 Å². The van der Waals surface area contributed by atoms with E-state index >= 15 is 0 Å². The fourth-order valence-electron chi connectivity index (χ4n) is 3.30. The van der Waals surface area contributed by atoms with E-state index in [0.717, 1.165) is 28.2 Å². The van der Waals surface area contributed by atoms with E-state index in [1.54, 1.807) is 6.07 Å². The van der Waals surface area contributed by atoms with Gasteiger partial charge in [0.05, 0.1) is 5.69 Å². The second-order valence-electron chi connectivity index (χ2n) is 6.92. The highest BCUT2D eigenvalue weighted by atomic mass is 19.1. The maximum atomic E-state index is 13.2. The summed E-state index contributed by atoms with van der Waals surface area (Å²) < 4.78 is 15.1. The van der Waals surface area contributed by atoms with Crippen molar-refractivity contribution in [3.8, 4) is 0 Å². The maximum Gasteiger partial charge on any atom is 0.335 e. The first-order valence-electron chi connectivity index (χ1n) is 9.31. The average Bonchev–Trinajstić information content (AvgIpc) is 3.15. The number of rotatable bonds is 4. The number of carbonyl (C=O) groups excluding carboxylic acids is 3. The summed E-state index contributed by atoms with van der Waals surface area (Å²) in [6, 6.07) is 15.6. The molecule has 30 heavy (non-hydrogen) atoms. The van der Waals surface area contributed by atoms with Crippen LogP contribution in [0.25, 0.3) is 6.08 Å². The number of urea groups is 1. The first-order chi connectivity index (χ1) is 14.4. The van der Waals surface area contributed by atoms with Crippen molar-refractivity contribution in [2.75, 3.05) is 4.90 Å². The van der Waals surface area contributed by atoms with Gasteiger partial charge in [-0.3, -0.25) is 14.9 Å². The van der Waals surface area contributed by atoms with Crippen LogP contribution in [0.2, 0.25) is 0 Å². The molecular weight excluding hydrogens is 385 g/mol. The standard InChI is InChI=1S/C23H18FN3O3/c1-15-5-2-3-6-16(15)14-26-12-4-7-19(26)13-20-21(28)25-23(30)27(22(20)29)18-10-8-17(24)9-11-18/h2-13H,14H2,1H3,(H,25,28,30)/b20-13-. The summed E-state index contributed by atoms with van der Waals surface area (Å²) in [7, 11) is 0. The highest BCUT2D eigenvalue weighted by Crippen LogP contribution is 2.22. The molecule has 0 bridgehead atoms. The van der Waals surface area contributed by atoms with Gasteiger partial charge in [-0.15, -0.1) is 0 Å². The average molecular weight is 403 g/mol. The smallest absolute Gasteiger partial charge is 0.335 e. The van der Waals surface area contributed by atoms with Crippen molar-refractivity contribution < 1.29 is 18.8 Å². The van der Waals surface area contributed by atoms with Crippen LogP contribution in [0.15, 0.2) is 72.4 Å². The Morgan fingerprint density at radius 1 is 0.967 bits per heavy atom. The van der Waals surface area contributed by atoms with E-state index in [4.69, 9.17) is 0 Å².